The first-order chi connectivity index (χ1) is 7.21. The Bertz CT molecular complexity index is 418. The Balaban J connectivity index is 0.00000128. The van der Waals surface area contributed by atoms with Crippen LogP contribution in [0.5, 0.6) is 0 Å². The zero-order valence-corrected chi connectivity index (χ0v) is 10.3. The van der Waals surface area contributed by atoms with Crippen LogP contribution in [-0.4, -0.2) is 36.7 Å². The van der Waals surface area contributed by atoms with Gasteiger partial charge in [-0.1, -0.05) is 0 Å². The van der Waals surface area contributed by atoms with Crippen LogP contribution in [0.2, 0.25) is 0 Å². The number of aromatic nitrogens is 2. The van der Waals surface area contributed by atoms with E-state index in [0.29, 0.717) is 13.0 Å². The van der Waals surface area contributed by atoms with Crippen molar-refractivity contribution in [2.45, 2.75) is 23.2 Å². The molecule has 1 aliphatic heterocycles. The minimum atomic E-state index is -3.35. The van der Waals surface area contributed by atoms with Gasteiger partial charge in [-0.25, -0.2) is 18.4 Å². The smallest absolute Gasteiger partial charge is 0.247 e. The second kappa shape index (κ2) is 5.56. The van der Waals surface area contributed by atoms with Gasteiger partial charge < -0.3 is 5.32 Å². The fourth-order valence-electron chi connectivity index (χ4n) is 1.67. The van der Waals surface area contributed by atoms with Crippen LogP contribution in [0.4, 0.5) is 0 Å². The molecule has 0 radical (unpaired) electrons. The zero-order valence-electron chi connectivity index (χ0n) is 8.67. The summed E-state index contributed by atoms with van der Waals surface area (Å²) in [6, 6.07) is 1.61. The summed E-state index contributed by atoms with van der Waals surface area (Å²) in [4.78, 5) is 7.60. The van der Waals surface area contributed by atoms with Crippen LogP contribution in [0.15, 0.2) is 23.6 Å². The summed E-state index contributed by atoms with van der Waals surface area (Å²) in [5.74, 6) is 0. The Kier molecular flexibility index (Phi) is 4.64. The van der Waals surface area contributed by atoms with Gasteiger partial charge in [0.25, 0.3) is 0 Å². The average Bonchev–Trinajstić information content (AvgIpc) is 2.31. The highest BCUT2D eigenvalue weighted by atomic mass is 35.5. The van der Waals surface area contributed by atoms with E-state index in [1.54, 1.807) is 6.07 Å². The first-order valence-electron chi connectivity index (χ1n) is 4.93. The van der Waals surface area contributed by atoms with Gasteiger partial charge in [0.05, 0.1) is 5.25 Å². The molecule has 0 bridgehead atoms. The van der Waals surface area contributed by atoms with E-state index in [-0.39, 0.29) is 22.8 Å². The van der Waals surface area contributed by atoms with Crippen molar-refractivity contribution in [3.8, 4) is 0 Å². The Hall–Kier alpha value is -0.720. The van der Waals surface area contributed by atoms with Gasteiger partial charge in [-0.2, -0.15) is 0 Å². The lowest BCUT2D eigenvalue weighted by molar-refractivity contribution is 0.493. The van der Waals surface area contributed by atoms with Crippen LogP contribution < -0.4 is 5.32 Å². The molecule has 2 heterocycles. The SMILES string of the molecule is Cl.O=S(=O)(c1ncccn1)C1CCCNC1. The van der Waals surface area contributed by atoms with Gasteiger partial charge in [0.15, 0.2) is 0 Å². The predicted octanol–water partition coefficient (Wildman–Crippen LogP) is 0.424. The molecule has 1 fully saturated rings. The first kappa shape index (κ1) is 13.3. The second-order valence-electron chi connectivity index (χ2n) is 3.54. The fourth-order valence-corrected chi connectivity index (χ4v) is 3.19. The largest absolute Gasteiger partial charge is 0.315 e. The predicted molar refractivity (Wildman–Crippen MR) is 62.4 cm³/mol. The van der Waals surface area contributed by atoms with Crippen molar-refractivity contribution in [3.63, 3.8) is 0 Å². The lowest BCUT2D eigenvalue weighted by Gasteiger charge is -2.21. The van der Waals surface area contributed by atoms with Gasteiger partial charge >= 0.3 is 0 Å². The molecule has 0 aliphatic carbocycles. The van der Waals surface area contributed by atoms with Crippen molar-refractivity contribution < 1.29 is 8.42 Å². The normalized spacial score (nSPS) is 21.1. The van der Waals surface area contributed by atoms with Gasteiger partial charge in [0.2, 0.25) is 15.0 Å². The number of halogens is 1. The third kappa shape index (κ3) is 2.69. The van der Waals surface area contributed by atoms with Crippen LogP contribution >= 0.6 is 12.4 Å². The number of rotatable bonds is 2. The van der Waals surface area contributed by atoms with Crippen LogP contribution in [0.3, 0.4) is 0 Å². The van der Waals surface area contributed by atoms with E-state index in [1.807, 2.05) is 0 Å². The van der Waals surface area contributed by atoms with E-state index in [9.17, 15) is 8.42 Å². The maximum absolute atomic E-state index is 12.0. The molecule has 0 saturated carbocycles. The summed E-state index contributed by atoms with van der Waals surface area (Å²) in [6.07, 6.45) is 4.48. The molecule has 0 aromatic carbocycles. The molecule has 1 aliphatic rings. The molecule has 0 amide bonds. The van der Waals surface area contributed by atoms with Crippen LogP contribution in [0.1, 0.15) is 12.8 Å². The average molecular weight is 264 g/mol. The summed E-state index contributed by atoms with van der Waals surface area (Å²) < 4.78 is 24.0. The lowest BCUT2D eigenvalue weighted by atomic mass is 10.2. The fraction of sp³-hybridized carbons (Fsp3) is 0.556. The maximum atomic E-state index is 12.0. The third-order valence-corrected chi connectivity index (χ3v) is 4.49. The van der Waals surface area contributed by atoms with E-state index in [0.717, 1.165) is 13.0 Å². The molecule has 1 saturated heterocycles. The zero-order chi connectivity index (χ0) is 10.7. The summed E-state index contributed by atoms with van der Waals surface area (Å²) >= 11 is 0. The number of hydrogen-bond donors (Lipinski definition) is 1. The van der Waals surface area contributed by atoms with Crippen molar-refractivity contribution >= 4 is 22.2 Å². The van der Waals surface area contributed by atoms with E-state index in [1.165, 1.54) is 12.4 Å². The van der Waals surface area contributed by atoms with Crippen LogP contribution in [0, 0.1) is 0 Å². The van der Waals surface area contributed by atoms with Crippen molar-refractivity contribution in [1.29, 1.82) is 0 Å². The van der Waals surface area contributed by atoms with Gasteiger partial charge in [0.1, 0.15) is 0 Å². The molecular formula is C9H14ClN3O2S. The van der Waals surface area contributed by atoms with Crippen molar-refractivity contribution in [2.75, 3.05) is 13.1 Å². The highest BCUT2D eigenvalue weighted by molar-refractivity contribution is 7.91. The maximum Gasteiger partial charge on any atom is 0.247 e. The molecule has 1 atom stereocenters. The highest BCUT2D eigenvalue weighted by Crippen LogP contribution is 2.17. The standard InChI is InChI=1S/C9H13N3O2S.ClH/c13-15(14,8-3-1-4-10-7-8)9-11-5-2-6-12-9;/h2,5-6,8,10H,1,3-4,7H2;1H. The number of nitrogens with one attached hydrogen (secondary N) is 1. The summed E-state index contributed by atoms with van der Waals surface area (Å²) in [6.45, 7) is 1.39. The van der Waals surface area contributed by atoms with Gasteiger partial charge in [0, 0.05) is 18.9 Å². The molecule has 5 nitrogen and oxygen atoms in total. The molecule has 1 unspecified atom stereocenters. The third-order valence-electron chi connectivity index (χ3n) is 2.49. The monoisotopic (exact) mass is 263 g/mol. The van der Waals surface area contributed by atoms with Gasteiger partial charge in [-0.05, 0) is 25.5 Å². The quantitative estimate of drug-likeness (QED) is 0.784. The van der Waals surface area contributed by atoms with Crippen LogP contribution in [-0.2, 0) is 9.84 Å². The summed E-state index contributed by atoms with van der Waals surface area (Å²) in [5, 5.41) is 2.64. The summed E-state index contributed by atoms with van der Waals surface area (Å²) in [7, 11) is -3.35. The first-order valence-corrected chi connectivity index (χ1v) is 6.47. The highest BCUT2D eigenvalue weighted by Gasteiger charge is 2.30. The molecule has 7 heteroatoms. The Labute approximate surface area is 101 Å². The van der Waals surface area contributed by atoms with E-state index >= 15 is 0 Å². The molecular weight excluding hydrogens is 250 g/mol. The molecule has 0 spiro atoms. The lowest BCUT2D eigenvalue weighted by Crippen LogP contribution is -2.39. The Morgan fingerprint density at radius 3 is 2.56 bits per heavy atom. The molecule has 16 heavy (non-hydrogen) atoms. The minimum Gasteiger partial charge on any atom is -0.315 e. The second-order valence-corrected chi connectivity index (χ2v) is 5.67. The number of nitrogens with zero attached hydrogens (tertiary/aromatic N) is 2. The van der Waals surface area contributed by atoms with E-state index < -0.39 is 9.84 Å². The van der Waals surface area contributed by atoms with Crippen molar-refractivity contribution in [2.24, 2.45) is 0 Å². The molecule has 1 aromatic rings. The molecule has 90 valence electrons. The molecule has 1 N–H and O–H groups in total. The number of piperidine rings is 1. The Morgan fingerprint density at radius 2 is 2.00 bits per heavy atom. The van der Waals surface area contributed by atoms with Gasteiger partial charge in [-0.3, -0.25) is 0 Å². The topological polar surface area (TPSA) is 72.0 Å². The summed E-state index contributed by atoms with van der Waals surface area (Å²) in [5.41, 5.74) is 0. The minimum absolute atomic E-state index is 0. The van der Waals surface area contributed by atoms with E-state index in [2.05, 4.69) is 15.3 Å². The van der Waals surface area contributed by atoms with E-state index in [4.69, 9.17) is 0 Å². The van der Waals surface area contributed by atoms with Crippen molar-refractivity contribution in [1.82, 2.24) is 15.3 Å². The molecule has 1 aromatic heterocycles. The van der Waals surface area contributed by atoms with Crippen molar-refractivity contribution in [3.05, 3.63) is 18.5 Å². The molecule has 2 rings (SSSR count). The number of sulfone groups is 1. The Morgan fingerprint density at radius 1 is 1.31 bits per heavy atom. The van der Waals surface area contributed by atoms with Crippen LogP contribution in [0.25, 0.3) is 0 Å². The number of hydrogen-bond acceptors (Lipinski definition) is 5. The van der Waals surface area contributed by atoms with Gasteiger partial charge in [-0.15, -0.1) is 12.4 Å².